The Hall–Kier alpha value is -1.18. The van der Waals surface area contributed by atoms with Crippen LogP contribution in [-0.2, 0) is 17.8 Å². The first-order valence-electron chi connectivity index (χ1n) is 8.40. The highest BCUT2D eigenvalue weighted by Gasteiger charge is 2.25. The topological polar surface area (TPSA) is 71.2 Å². The third-order valence-corrected chi connectivity index (χ3v) is 5.62. The van der Waals surface area contributed by atoms with Crippen LogP contribution in [-0.4, -0.2) is 28.9 Å². The van der Waals surface area contributed by atoms with Gasteiger partial charge in [-0.15, -0.1) is 36.2 Å². The van der Waals surface area contributed by atoms with Crippen molar-refractivity contribution in [3.63, 3.8) is 0 Å². The van der Waals surface area contributed by atoms with E-state index in [1.54, 1.807) is 11.3 Å². The first kappa shape index (κ1) is 22.9. The van der Waals surface area contributed by atoms with Crippen LogP contribution in [0.15, 0.2) is 30.3 Å². The highest BCUT2D eigenvalue weighted by molar-refractivity contribution is 7.15. The van der Waals surface area contributed by atoms with E-state index < -0.39 is 0 Å². The van der Waals surface area contributed by atoms with Crippen LogP contribution in [0.1, 0.15) is 36.0 Å². The van der Waals surface area contributed by atoms with Gasteiger partial charge in [0.2, 0.25) is 5.91 Å². The first-order chi connectivity index (χ1) is 11.6. The molecule has 8 heteroatoms. The quantitative estimate of drug-likeness (QED) is 0.779. The fourth-order valence-corrected chi connectivity index (χ4v) is 3.97. The van der Waals surface area contributed by atoms with Crippen molar-refractivity contribution in [2.75, 3.05) is 18.4 Å². The van der Waals surface area contributed by atoms with E-state index in [1.165, 1.54) is 4.88 Å². The molecule has 3 rings (SSSR count). The average Bonchev–Trinajstić information content (AvgIpc) is 3.02. The molecule has 1 aromatic carbocycles. The summed E-state index contributed by atoms with van der Waals surface area (Å²) in [4.78, 5) is 20.8. The molecule has 0 spiro atoms. The third kappa shape index (κ3) is 5.18. The summed E-state index contributed by atoms with van der Waals surface area (Å²) in [5.74, 6) is -0.398. The number of hydrogen-bond donors (Lipinski definition) is 2. The largest absolute Gasteiger partial charge is 0.323 e. The molecule has 0 bridgehead atoms. The molecule has 0 aliphatic carbocycles. The van der Waals surface area contributed by atoms with Crippen molar-refractivity contribution in [3.05, 3.63) is 46.5 Å². The van der Waals surface area contributed by atoms with Gasteiger partial charge < -0.3 is 11.1 Å². The molecule has 2 aromatic rings. The molecular weight excluding hydrogens is 391 g/mol. The molecule has 5 nitrogen and oxygen atoms in total. The minimum Gasteiger partial charge on any atom is -0.323 e. The number of nitrogens with zero attached hydrogens (tertiary/aromatic N) is 2. The van der Waals surface area contributed by atoms with E-state index in [0.29, 0.717) is 5.13 Å². The molecule has 0 radical (unpaired) electrons. The summed E-state index contributed by atoms with van der Waals surface area (Å²) >= 11 is 1.58. The number of aromatic nitrogens is 1. The number of benzene rings is 1. The van der Waals surface area contributed by atoms with Crippen LogP contribution in [0.4, 0.5) is 5.13 Å². The number of amides is 1. The van der Waals surface area contributed by atoms with Gasteiger partial charge in [0.15, 0.2) is 5.13 Å². The van der Waals surface area contributed by atoms with Crippen molar-refractivity contribution in [1.29, 1.82) is 0 Å². The molecule has 1 amide bonds. The predicted molar refractivity (Wildman–Crippen MR) is 112 cm³/mol. The normalized spacial score (nSPS) is 15.8. The Morgan fingerprint density at radius 3 is 2.69 bits per heavy atom. The van der Waals surface area contributed by atoms with Gasteiger partial charge in [-0.3, -0.25) is 9.69 Å². The summed E-state index contributed by atoms with van der Waals surface area (Å²) in [6, 6.07) is 9.41. The average molecular weight is 417 g/mol. The van der Waals surface area contributed by atoms with Crippen molar-refractivity contribution in [3.8, 4) is 0 Å². The number of fused-ring (bicyclic) bond motifs is 1. The zero-order valence-electron chi connectivity index (χ0n) is 15.0. The Morgan fingerprint density at radius 2 is 2.04 bits per heavy atom. The van der Waals surface area contributed by atoms with Crippen LogP contribution in [0.5, 0.6) is 0 Å². The second-order valence-electron chi connectivity index (χ2n) is 6.22. The van der Waals surface area contributed by atoms with Gasteiger partial charge >= 0.3 is 0 Å². The molecule has 26 heavy (non-hydrogen) atoms. The molecule has 144 valence electrons. The predicted octanol–water partition coefficient (Wildman–Crippen LogP) is 3.64. The maximum atomic E-state index is 12.5. The van der Waals surface area contributed by atoms with Crippen LogP contribution in [0, 0.1) is 5.92 Å². The van der Waals surface area contributed by atoms with E-state index in [1.807, 2.05) is 37.3 Å². The summed E-state index contributed by atoms with van der Waals surface area (Å²) < 4.78 is 0. The number of halogens is 2. The SMILES string of the molecule is CCN1CCc2nc(NC(=O)C(C)C(N)c3ccccc3)sc2C1.Cl.Cl. The number of carbonyl (C=O) groups is 1. The van der Waals surface area contributed by atoms with Gasteiger partial charge in [-0.25, -0.2) is 4.98 Å². The zero-order chi connectivity index (χ0) is 17.1. The molecule has 2 heterocycles. The molecule has 1 aromatic heterocycles. The maximum absolute atomic E-state index is 12.5. The van der Waals surface area contributed by atoms with Gasteiger partial charge in [0.05, 0.1) is 11.6 Å². The molecule has 1 aliphatic rings. The second-order valence-corrected chi connectivity index (χ2v) is 7.31. The van der Waals surface area contributed by atoms with E-state index in [9.17, 15) is 4.79 Å². The van der Waals surface area contributed by atoms with Crippen molar-refractivity contribution < 1.29 is 4.79 Å². The minimum atomic E-state index is -0.323. The third-order valence-electron chi connectivity index (χ3n) is 4.62. The maximum Gasteiger partial charge on any atom is 0.230 e. The lowest BCUT2D eigenvalue weighted by molar-refractivity contribution is -0.120. The Morgan fingerprint density at radius 1 is 1.35 bits per heavy atom. The molecule has 0 saturated heterocycles. The molecule has 0 saturated carbocycles. The molecule has 2 unspecified atom stereocenters. The molecule has 3 N–H and O–H groups in total. The fraction of sp³-hybridized carbons (Fsp3) is 0.444. The standard InChI is InChI=1S/C18H24N4OS.2ClH/c1-3-22-10-9-14-15(11-22)24-18(20-14)21-17(23)12(2)16(19)13-7-5-4-6-8-13;;/h4-8,12,16H,3,9-11,19H2,1-2H3,(H,20,21,23);2*1H. The fourth-order valence-electron chi connectivity index (χ4n) is 2.92. The molecule has 1 aliphatic heterocycles. The summed E-state index contributed by atoms with van der Waals surface area (Å²) in [5, 5.41) is 3.64. The lowest BCUT2D eigenvalue weighted by Gasteiger charge is -2.23. The van der Waals surface area contributed by atoms with Gasteiger partial charge in [-0.1, -0.05) is 44.2 Å². The number of nitrogens with two attached hydrogens (primary N) is 1. The van der Waals surface area contributed by atoms with Crippen LogP contribution < -0.4 is 11.1 Å². The minimum absolute atomic E-state index is 0. The van der Waals surface area contributed by atoms with Crippen LogP contribution in [0.25, 0.3) is 0 Å². The van der Waals surface area contributed by atoms with E-state index in [0.717, 1.165) is 37.3 Å². The van der Waals surface area contributed by atoms with Crippen molar-refractivity contribution in [2.45, 2.75) is 32.9 Å². The molecule has 0 fully saturated rings. The van der Waals surface area contributed by atoms with Crippen molar-refractivity contribution in [1.82, 2.24) is 9.88 Å². The number of hydrogen-bond acceptors (Lipinski definition) is 5. The number of anilines is 1. The lowest BCUT2D eigenvalue weighted by atomic mass is 9.95. The van der Waals surface area contributed by atoms with Gasteiger partial charge in [0.25, 0.3) is 0 Å². The van der Waals surface area contributed by atoms with Gasteiger partial charge in [0, 0.05) is 30.4 Å². The number of likely N-dealkylation sites (N-methyl/N-ethyl adjacent to an activating group) is 1. The van der Waals surface area contributed by atoms with E-state index in [4.69, 9.17) is 5.73 Å². The van der Waals surface area contributed by atoms with E-state index in [2.05, 4.69) is 22.1 Å². The smallest absolute Gasteiger partial charge is 0.230 e. The number of thiazole rings is 1. The number of nitrogens with one attached hydrogen (secondary N) is 1. The Kier molecular flexibility index (Phi) is 9.00. The zero-order valence-corrected chi connectivity index (χ0v) is 17.4. The van der Waals surface area contributed by atoms with Gasteiger partial charge in [-0.2, -0.15) is 0 Å². The Bertz CT molecular complexity index is 710. The highest BCUT2D eigenvalue weighted by Crippen LogP contribution is 2.29. The summed E-state index contributed by atoms with van der Waals surface area (Å²) in [5.41, 5.74) is 8.34. The second kappa shape index (κ2) is 10.2. The Labute approximate surface area is 171 Å². The Balaban J connectivity index is 0.00000169. The monoisotopic (exact) mass is 416 g/mol. The number of rotatable bonds is 5. The van der Waals surface area contributed by atoms with Crippen molar-refractivity contribution >= 4 is 47.2 Å². The molecule has 2 atom stereocenters. The molecular formula is C18H26Cl2N4OS. The van der Waals surface area contributed by atoms with Crippen LogP contribution in [0.2, 0.25) is 0 Å². The van der Waals surface area contributed by atoms with Crippen molar-refractivity contribution in [2.24, 2.45) is 11.7 Å². The van der Waals surface area contributed by atoms with Gasteiger partial charge in [0.1, 0.15) is 0 Å². The van der Waals surface area contributed by atoms with E-state index in [-0.39, 0.29) is 42.7 Å². The summed E-state index contributed by atoms with van der Waals surface area (Å²) in [6.07, 6.45) is 0.953. The summed E-state index contributed by atoms with van der Waals surface area (Å²) in [6.45, 7) is 7.04. The number of carbonyl (C=O) groups excluding carboxylic acids is 1. The van der Waals surface area contributed by atoms with Crippen LogP contribution >= 0.6 is 36.2 Å². The van der Waals surface area contributed by atoms with Gasteiger partial charge in [-0.05, 0) is 12.1 Å². The lowest BCUT2D eigenvalue weighted by Crippen LogP contribution is -2.30. The summed E-state index contributed by atoms with van der Waals surface area (Å²) in [7, 11) is 0. The van der Waals surface area contributed by atoms with E-state index >= 15 is 0 Å². The first-order valence-corrected chi connectivity index (χ1v) is 9.22. The van der Waals surface area contributed by atoms with Crippen LogP contribution in [0.3, 0.4) is 0 Å². The highest BCUT2D eigenvalue weighted by atomic mass is 35.5.